The molecule has 0 unspecified atom stereocenters. The SMILES string of the molecule is CCn1c(-c2ccnc(N(c3ccccc3)S(=O)(=O)NCCCOC)n2)cnc1C. The summed E-state index contributed by atoms with van der Waals surface area (Å²) in [6.07, 6.45) is 3.83. The molecule has 0 atom stereocenters. The van der Waals surface area contributed by atoms with Crippen LogP contribution in [0.3, 0.4) is 0 Å². The summed E-state index contributed by atoms with van der Waals surface area (Å²) in [6.45, 7) is 5.36. The minimum absolute atomic E-state index is 0.0550. The summed E-state index contributed by atoms with van der Waals surface area (Å²) >= 11 is 0. The lowest BCUT2D eigenvalue weighted by Gasteiger charge is -2.23. The van der Waals surface area contributed by atoms with Crippen LogP contribution in [0, 0.1) is 6.92 Å². The number of aryl methyl sites for hydroxylation is 1. The van der Waals surface area contributed by atoms with Crippen LogP contribution in [0.5, 0.6) is 0 Å². The molecule has 2 aromatic heterocycles. The first-order chi connectivity index (χ1) is 14.5. The highest BCUT2D eigenvalue weighted by molar-refractivity contribution is 7.91. The lowest BCUT2D eigenvalue weighted by molar-refractivity contribution is 0.196. The van der Waals surface area contributed by atoms with Crippen molar-refractivity contribution in [3.05, 3.63) is 54.6 Å². The number of rotatable bonds is 10. The van der Waals surface area contributed by atoms with Crippen molar-refractivity contribution in [3.63, 3.8) is 0 Å². The number of ether oxygens (including phenoxy) is 1. The molecule has 0 saturated carbocycles. The summed E-state index contributed by atoms with van der Waals surface area (Å²) in [7, 11) is -2.36. The highest BCUT2D eigenvalue weighted by Crippen LogP contribution is 2.27. The van der Waals surface area contributed by atoms with Crippen LogP contribution in [0.1, 0.15) is 19.2 Å². The molecule has 3 rings (SSSR count). The first-order valence-electron chi connectivity index (χ1n) is 9.67. The van der Waals surface area contributed by atoms with Gasteiger partial charge < -0.3 is 9.30 Å². The van der Waals surface area contributed by atoms with E-state index in [1.54, 1.807) is 49.8 Å². The van der Waals surface area contributed by atoms with Gasteiger partial charge in [-0.3, -0.25) is 0 Å². The van der Waals surface area contributed by atoms with Gasteiger partial charge in [0.25, 0.3) is 0 Å². The van der Waals surface area contributed by atoms with Crippen molar-refractivity contribution < 1.29 is 13.2 Å². The smallest absolute Gasteiger partial charge is 0.308 e. The van der Waals surface area contributed by atoms with Gasteiger partial charge in [-0.05, 0) is 38.5 Å². The Morgan fingerprint density at radius 3 is 2.63 bits per heavy atom. The van der Waals surface area contributed by atoms with E-state index < -0.39 is 10.2 Å². The number of hydrogen-bond donors (Lipinski definition) is 1. The zero-order chi connectivity index (χ0) is 21.6. The number of aromatic nitrogens is 4. The molecule has 0 fully saturated rings. The topological polar surface area (TPSA) is 102 Å². The van der Waals surface area contributed by atoms with Gasteiger partial charge in [-0.15, -0.1) is 0 Å². The van der Waals surface area contributed by atoms with Crippen molar-refractivity contribution in [3.8, 4) is 11.4 Å². The monoisotopic (exact) mass is 430 g/mol. The first-order valence-corrected chi connectivity index (χ1v) is 11.1. The number of benzene rings is 1. The molecule has 0 amide bonds. The van der Waals surface area contributed by atoms with Crippen LogP contribution < -0.4 is 9.03 Å². The molecule has 10 heteroatoms. The quantitative estimate of drug-likeness (QED) is 0.496. The van der Waals surface area contributed by atoms with E-state index in [1.807, 2.05) is 24.5 Å². The van der Waals surface area contributed by atoms with Crippen LogP contribution in [-0.4, -0.2) is 48.2 Å². The van der Waals surface area contributed by atoms with Crippen molar-refractivity contribution >= 4 is 21.8 Å². The fourth-order valence-corrected chi connectivity index (χ4v) is 4.30. The third-order valence-corrected chi connectivity index (χ3v) is 5.92. The molecule has 0 aliphatic heterocycles. The van der Waals surface area contributed by atoms with E-state index in [0.29, 0.717) is 24.4 Å². The fourth-order valence-electron chi connectivity index (χ4n) is 3.07. The van der Waals surface area contributed by atoms with Crippen molar-refractivity contribution in [2.24, 2.45) is 0 Å². The predicted octanol–water partition coefficient (Wildman–Crippen LogP) is 2.68. The van der Waals surface area contributed by atoms with Gasteiger partial charge in [0.2, 0.25) is 5.95 Å². The van der Waals surface area contributed by atoms with Crippen LogP contribution in [-0.2, 0) is 21.5 Å². The highest BCUT2D eigenvalue weighted by atomic mass is 32.2. The summed E-state index contributed by atoms with van der Waals surface area (Å²) in [5, 5.41) is 0. The summed E-state index contributed by atoms with van der Waals surface area (Å²) < 4.78 is 37.0. The van der Waals surface area contributed by atoms with Crippen LogP contribution in [0.2, 0.25) is 0 Å². The molecule has 1 N–H and O–H groups in total. The second kappa shape index (κ2) is 9.79. The largest absolute Gasteiger partial charge is 0.385 e. The summed E-state index contributed by atoms with van der Waals surface area (Å²) in [4.78, 5) is 13.2. The van der Waals surface area contributed by atoms with E-state index >= 15 is 0 Å². The Morgan fingerprint density at radius 2 is 1.93 bits per heavy atom. The lowest BCUT2D eigenvalue weighted by atomic mass is 10.3. The zero-order valence-corrected chi connectivity index (χ0v) is 18.1. The third-order valence-electron chi connectivity index (χ3n) is 4.50. The molecule has 1 aromatic carbocycles. The molecular weight excluding hydrogens is 404 g/mol. The molecule has 0 bridgehead atoms. The number of hydrogen-bond acceptors (Lipinski definition) is 6. The Bertz CT molecular complexity index is 1070. The average Bonchev–Trinajstić information content (AvgIpc) is 3.13. The molecular formula is C20H26N6O3S. The van der Waals surface area contributed by atoms with Gasteiger partial charge >= 0.3 is 10.2 Å². The van der Waals surface area contributed by atoms with Crippen molar-refractivity contribution in [1.82, 2.24) is 24.2 Å². The molecule has 0 radical (unpaired) electrons. The fraction of sp³-hybridized carbons (Fsp3) is 0.350. The van der Waals surface area contributed by atoms with Crippen molar-refractivity contribution in [2.45, 2.75) is 26.8 Å². The molecule has 3 aromatic rings. The summed E-state index contributed by atoms with van der Waals surface area (Å²) in [5.74, 6) is 0.916. The minimum atomic E-state index is -3.94. The molecule has 0 spiro atoms. The number of para-hydroxylation sites is 1. The second-order valence-electron chi connectivity index (χ2n) is 6.52. The lowest BCUT2D eigenvalue weighted by Crippen LogP contribution is -2.39. The van der Waals surface area contributed by atoms with E-state index in [9.17, 15) is 8.42 Å². The van der Waals surface area contributed by atoms with Gasteiger partial charge in [0.05, 0.1) is 23.3 Å². The van der Waals surface area contributed by atoms with E-state index in [2.05, 4.69) is 19.7 Å². The molecule has 0 aliphatic rings. The van der Waals surface area contributed by atoms with Crippen molar-refractivity contribution in [2.75, 3.05) is 24.6 Å². The standard InChI is InChI=1S/C20H26N6O3S/c1-4-25-16(2)22-15-19(25)18-11-13-21-20(24-18)26(17-9-6-5-7-10-17)30(27,28)23-12-8-14-29-3/h5-7,9-11,13,15,23H,4,8,12,14H2,1-3H3. The summed E-state index contributed by atoms with van der Waals surface area (Å²) in [5.41, 5.74) is 1.84. The van der Waals surface area contributed by atoms with E-state index in [0.717, 1.165) is 22.4 Å². The second-order valence-corrected chi connectivity index (χ2v) is 8.13. The maximum Gasteiger partial charge on any atom is 0.308 e. The predicted molar refractivity (Wildman–Crippen MR) is 116 cm³/mol. The molecule has 0 saturated heterocycles. The number of nitrogens with one attached hydrogen (secondary N) is 1. The van der Waals surface area contributed by atoms with Crippen molar-refractivity contribution in [1.29, 1.82) is 0 Å². The molecule has 9 nitrogen and oxygen atoms in total. The number of anilines is 2. The maximum atomic E-state index is 13.1. The Morgan fingerprint density at radius 1 is 1.17 bits per heavy atom. The Balaban J connectivity index is 2.02. The van der Waals surface area contributed by atoms with Crippen LogP contribution in [0.25, 0.3) is 11.4 Å². The average molecular weight is 431 g/mol. The van der Waals surface area contributed by atoms with E-state index in [-0.39, 0.29) is 12.5 Å². The van der Waals surface area contributed by atoms with Gasteiger partial charge in [0.15, 0.2) is 0 Å². The van der Waals surface area contributed by atoms with E-state index in [1.165, 1.54) is 0 Å². The Hall–Kier alpha value is -2.82. The van der Waals surface area contributed by atoms with E-state index in [4.69, 9.17) is 4.74 Å². The van der Waals surface area contributed by atoms with Gasteiger partial charge in [-0.1, -0.05) is 18.2 Å². The normalized spacial score (nSPS) is 11.6. The first kappa shape index (κ1) is 21.9. The van der Waals surface area contributed by atoms with Crippen LogP contribution in [0.15, 0.2) is 48.8 Å². The Kier molecular flexibility index (Phi) is 7.14. The number of nitrogens with zero attached hydrogens (tertiary/aromatic N) is 5. The van der Waals surface area contributed by atoms with Gasteiger partial charge in [-0.2, -0.15) is 17.4 Å². The maximum absolute atomic E-state index is 13.1. The number of imidazole rings is 1. The van der Waals surface area contributed by atoms with Gasteiger partial charge in [-0.25, -0.2) is 15.0 Å². The number of methoxy groups -OCH3 is 1. The summed E-state index contributed by atoms with van der Waals surface area (Å²) in [6, 6.07) is 10.5. The third kappa shape index (κ3) is 4.84. The van der Waals surface area contributed by atoms with Gasteiger partial charge in [0.1, 0.15) is 5.82 Å². The molecule has 30 heavy (non-hydrogen) atoms. The molecule has 0 aliphatic carbocycles. The van der Waals surface area contributed by atoms with Crippen LogP contribution >= 0.6 is 0 Å². The highest BCUT2D eigenvalue weighted by Gasteiger charge is 2.27. The Labute approximate surface area is 176 Å². The van der Waals surface area contributed by atoms with Crippen LogP contribution in [0.4, 0.5) is 11.6 Å². The molecule has 2 heterocycles. The molecule has 160 valence electrons. The minimum Gasteiger partial charge on any atom is -0.385 e. The zero-order valence-electron chi connectivity index (χ0n) is 17.3. The van der Waals surface area contributed by atoms with Gasteiger partial charge in [0, 0.05) is 33.0 Å².